The zero-order chi connectivity index (χ0) is 12.5. The fourth-order valence-electron chi connectivity index (χ4n) is 2.39. The molecule has 4 heteroatoms. The van der Waals surface area contributed by atoms with Gasteiger partial charge in [-0.15, -0.1) is 0 Å². The largest absolute Gasteiger partial charge is 0.388 e. The van der Waals surface area contributed by atoms with E-state index < -0.39 is 6.10 Å². The van der Waals surface area contributed by atoms with E-state index in [9.17, 15) is 5.11 Å². The highest BCUT2D eigenvalue weighted by Gasteiger charge is 2.29. The van der Waals surface area contributed by atoms with Gasteiger partial charge in [-0.3, -0.25) is 0 Å². The molecule has 1 fully saturated rings. The van der Waals surface area contributed by atoms with E-state index in [1.54, 1.807) is 6.20 Å². The first-order valence-electron chi connectivity index (χ1n) is 6.11. The minimum atomic E-state index is -0.456. The molecule has 3 rings (SSSR count). The monoisotopic (exact) mass is 244 g/mol. The van der Waals surface area contributed by atoms with Crippen molar-refractivity contribution in [3.8, 4) is 11.4 Å². The second-order valence-corrected chi connectivity index (χ2v) is 4.70. The van der Waals surface area contributed by atoms with Gasteiger partial charge in [-0.05, 0) is 13.0 Å². The fourth-order valence-corrected chi connectivity index (χ4v) is 2.39. The number of hydrogen-bond donors (Lipinski definition) is 1. The summed E-state index contributed by atoms with van der Waals surface area (Å²) in [6.07, 6.45) is 3.21. The number of aromatic nitrogens is 2. The van der Waals surface area contributed by atoms with Crippen LogP contribution >= 0.6 is 0 Å². The van der Waals surface area contributed by atoms with Gasteiger partial charge >= 0.3 is 0 Å². The van der Waals surface area contributed by atoms with Crippen molar-refractivity contribution >= 4 is 0 Å². The second-order valence-electron chi connectivity index (χ2n) is 4.70. The van der Waals surface area contributed by atoms with Gasteiger partial charge in [-0.1, -0.05) is 23.8 Å². The molecule has 18 heavy (non-hydrogen) atoms. The quantitative estimate of drug-likeness (QED) is 0.876. The summed E-state index contributed by atoms with van der Waals surface area (Å²) in [5.74, 6) is 0.883. The molecule has 1 aromatic heterocycles. The molecule has 0 amide bonds. The van der Waals surface area contributed by atoms with Crippen LogP contribution in [0.5, 0.6) is 0 Å². The predicted octanol–water partition coefficient (Wildman–Crippen LogP) is 1.79. The Morgan fingerprint density at radius 3 is 3.00 bits per heavy atom. The lowest BCUT2D eigenvalue weighted by Crippen LogP contribution is -2.22. The molecule has 2 aromatic rings. The van der Waals surface area contributed by atoms with Crippen LogP contribution in [-0.2, 0) is 4.74 Å². The zero-order valence-electron chi connectivity index (χ0n) is 10.3. The predicted molar refractivity (Wildman–Crippen MR) is 68.3 cm³/mol. The number of benzene rings is 1. The standard InChI is InChI=1S/C14H16N2O2/c1-10-3-2-4-11(7-10)14-15-5-6-16(14)12-8-18-9-13(12)17/h2-7,12-13,17H,8-9H2,1H3/t12-,13+/m1/s1. The Bertz CT molecular complexity index is 550. The van der Waals surface area contributed by atoms with Gasteiger partial charge < -0.3 is 14.4 Å². The minimum absolute atomic E-state index is 0.0389. The number of hydrogen-bond acceptors (Lipinski definition) is 3. The molecule has 1 aliphatic heterocycles. The summed E-state index contributed by atoms with van der Waals surface area (Å²) in [6.45, 7) is 3.00. The van der Waals surface area contributed by atoms with E-state index in [0.717, 1.165) is 11.4 Å². The first-order chi connectivity index (χ1) is 8.75. The van der Waals surface area contributed by atoms with E-state index >= 15 is 0 Å². The third-order valence-corrected chi connectivity index (χ3v) is 3.32. The van der Waals surface area contributed by atoms with E-state index in [2.05, 4.69) is 24.0 Å². The van der Waals surface area contributed by atoms with Gasteiger partial charge in [0.1, 0.15) is 11.9 Å². The molecule has 2 atom stereocenters. The van der Waals surface area contributed by atoms with Crippen LogP contribution in [0.1, 0.15) is 11.6 Å². The molecule has 0 bridgehead atoms. The number of rotatable bonds is 2. The van der Waals surface area contributed by atoms with Crippen molar-refractivity contribution in [1.29, 1.82) is 0 Å². The number of imidazole rings is 1. The van der Waals surface area contributed by atoms with Gasteiger partial charge in [-0.25, -0.2) is 4.98 Å². The first kappa shape index (κ1) is 11.4. The summed E-state index contributed by atoms with van der Waals surface area (Å²) in [5.41, 5.74) is 2.27. The van der Waals surface area contributed by atoms with E-state index in [1.165, 1.54) is 5.56 Å². The molecule has 0 aliphatic carbocycles. The molecular weight excluding hydrogens is 228 g/mol. The van der Waals surface area contributed by atoms with E-state index in [-0.39, 0.29) is 6.04 Å². The first-order valence-corrected chi connectivity index (χ1v) is 6.11. The van der Waals surface area contributed by atoms with Crippen molar-refractivity contribution in [3.63, 3.8) is 0 Å². The molecule has 1 aliphatic rings. The lowest BCUT2D eigenvalue weighted by atomic mass is 10.1. The van der Waals surface area contributed by atoms with Crippen molar-refractivity contribution in [3.05, 3.63) is 42.2 Å². The van der Waals surface area contributed by atoms with Crippen LogP contribution < -0.4 is 0 Å². The normalized spacial score (nSPS) is 23.4. The average Bonchev–Trinajstić information content (AvgIpc) is 2.96. The fraction of sp³-hybridized carbons (Fsp3) is 0.357. The van der Waals surface area contributed by atoms with Gasteiger partial charge in [-0.2, -0.15) is 0 Å². The maximum Gasteiger partial charge on any atom is 0.140 e. The van der Waals surface area contributed by atoms with Gasteiger partial charge in [0.25, 0.3) is 0 Å². The molecule has 0 spiro atoms. The van der Waals surface area contributed by atoms with Crippen LogP contribution in [0.2, 0.25) is 0 Å². The average molecular weight is 244 g/mol. The van der Waals surface area contributed by atoms with Crippen molar-refractivity contribution < 1.29 is 9.84 Å². The Morgan fingerprint density at radius 1 is 1.39 bits per heavy atom. The third kappa shape index (κ3) is 1.94. The highest BCUT2D eigenvalue weighted by atomic mass is 16.5. The Kier molecular flexibility index (Phi) is 2.89. The van der Waals surface area contributed by atoms with Crippen molar-refractivity contribution in [2.24, 2.45) is 0 Å². The highest BCUT2D eigenvalue weighted by Crippen LogP contribution is 2.26. The van der Waals surface area contributed by atoms with E-state index in [0.29, 0.717) is 13.2 Å². The summed E-state index contributed by atoms with van der Waals surface area (Å²) >= 11 is 0. The number of aliphatic hydroxyl groups excluding tert-OH is 1. The minimum Gasteiger partial charge on any atom is -0.388 e. The lowest BCUT2D eigenvalue weighted by molar-refractivity contribution is 0.119. The van der Waals surface area contributed by atoms with Crippen molar-refractivity contribution in [1.82, 2.24) is 9.55 Å². The van der Waals surface area contributed by atoms with Gasteiger partial charge in [0.05, 0.1) is 19.3 Å². The second kappa shape index (κ2) is 4.55. The Hall–Kier alpha value is -1.65. The topological polar surface area (TPSA) is 47.3 Å². The summed E-state index contributed by atoms with van der Waals surface area (Å²) in [4.78, 5) is 4.40. The molecule has 94 valence electrons. The number of nitrogens with zero attached hydrogens (tertiary/aromatic N) is 2. The van der Waals surface area contributed by atoms with Crippen LogP contribution in [0.4, 0.5) is 0 Å². The van der Waals surface area contributed by atoms with Gasteiger partial charge in [0.15, 0.2) is 0 Å². The van der Waals surface area contributed by atoms with E-state index in [4.69, 9.17) is 4.74 Å². The van der Waals surface area contributed by atoms with Crippen molar-refractivity contribution in [2.45, 2.75) is 19.1 Å². The molecular formula is C14H16N2O2. The summed E-state index contributed by atoms with van der Waals surface area (Å²) in [7, 11) is 0. The van der Waals surface area contributed by atoms with Crippen LogP contribution in [-0.4, -0.2) is 34.0 Å². The lowest BCUT2D eigenvalue weighted by Gasteiger charge is -2.17. The maximum absolute atomic E-state index is 9.91. The molecule has 0 radical (unpaired) electrons. The smallest absolute Gasteiger partial charge is 0.140 e. The van der Waals surface area contributed by atoms with Crippen LogP contribution in [0.15, 0.2) is 36.7 Å². The zero-order valence-corrected chi connectivity index (χ0v) is 10.3. The Morgan fingerprint density at radius 2 is 2.28 bits per heavy atom. The summed E-state index contributed by atoms with van der Waals surface area (Å²) in [6, 6.07) is 8.17. The van der Waals surface area contributed by atoms with E-state index in [1.807, 2.05) is 22.9 Å². The molecule has 0 saturated carbocycles. The highest BCUT2D eigenvalue weighted by molar-refractivity contribution is 5.56. The number of aliphatic hydroxyl groups is 1. The number of ether oxygens (including phenoxy) is 1. The van der Waals surface area contributed by atoms with Gasteiger partial charge in [0, 0.05) is 18.0 Å². The number of aryl methyl sites for hydroxylation is 1. The van der Waals surface area contributed by atoms with Gasteiger partial charge in [0.2, 0.25) is 0 Å². The Balaban J connectivity index is 2.01. The molecule has 4 nitrogen and oxygen atoms in total. The molecule has 1 N–H and O–H groups in total. The third-order valence-electron chi connectivity index (χ3n) is 3.32. The molecule has 0 unspecified atom stereocenters. The molecule has 1 saturated heterocycles. The summed E-state index contributed by atoms with van der Waals surface area (Å²) < 4.78 is 7.32. The molecule has 2 heterocycles. The maximum atomic E-state index is 9.91. The molecule has 1 aromatic carbocycles. The SMILES string of the molecule is Cc1cccc(-c2nccn2[C@@H]2COC[C@@H]2O)c1. The van der Waals surface area contributed by atoms with Crippen molar-refractivity contribution in [2.75, 3.05) is 13.2 Å². The van der Waals surface area contributed by atoms with Crippen LogP contribution in [0.25, 0.3) is 11.4 Å². The van der Waals surface area contributed by atoms with Crippen LogP contribution in [0.3, 0.4) is 0 Å². The Labute approximate surface area is 106 Å². The summed E-state index contributed by atoms with van der Waals surface area (Å²) in [5, 5.41) is 9.91. The van der Waals surface area contributed by atoms with Crippen LogP contribution in [0, 0.1) is 6.92 Å².